The summed E-state index contributed by atoms with van der Waals surface area (Å²) in [6.07, 6.45) is -2.62. The van der Waals surface area contributed by atoms with Crippen LogP contribution in [0.25, 0.3) is 4.96 Å². The van der Waals surface area contributed by atoms with Crippen molar-refractivity contribution >= 4 is 16.3 Å². The smallest absolute Gasteiger partial charge is 0.371 e. The number of nitrogens with zero attached hydrogens (tertiary/aromatic N) is 4. The van der Waals surface area contributed by atoms with Gasteiger partial charge in [-0.2, -0.15) is 22.8 Å². The van der Waals surface area contributed by atoms with E-state index in [0.29, 0.717) is 5.01 Å². The number of hydrogen-bond acceptors (Lipinski definition) is 6. The maximum Gasteiger partial charge on any atom is 0.453 e. The van der Waals surface area contributed by atoms with Crippen LogP contribution in [0, 0.1) is 0 Å². The molecule has 0 unspecified atom stereocenters. The van der Waals surface area contributed by atoms with Crippen molar-refractivity contribution in [2.75, 3.05) is 13.1 Å². The highest BCUT2D eigenvalue weighted by atomic mass is 32.1. The number of rotatable bonds is 3. The van der Waals surface area contributed by atoms with Crippen LogP contribution in [0.3, 0.4) is 0 Å². The van der Waals surface area contributed by atoms with Crippen LogP contribution in [0.5, 0.6) is 0 Å². The molecule has 110 valence electrons. The van der Waals surface area contributed by atoms with Crippen molar-refractivity contribution in [3.05, 3.63) is 10.8 Å². The molecule has 2 aromatic heterocycles. The van der Waals surface area contributed by atoms with E-state index in [1.807, 2.05) is 0 Å². The van der Waals surface area contributed by atoms with Gasteiger partial charge in [0.05, 0.1) is 6.10 Å². The van der Waals surface area contributed by atoms with Crippen LogP contribution in [0.2, 0.25) is 0 Å². The lowest BCUT2D eigenvalue weighted by molar-refractivity contribution is -0.146. The van der Waals surface area contributed by atoms with Crippen molar-refractivity contribution < 1.29 is 17.9 Å². The van der Waals surface area contributed by atoms with E-state index in [0.717, 1.165) is 41.8 Å². The molecular weight excluding hydrogens is 295 g/mol. The zero-order valence-electron chi connectivity index (χ0n) is 10.4. The fourth-order valence-electron chi connectivity index (χ4n) is 2.04. The van der Waals surface area contributed by atoms with Crippen molar-refractivity contribution in [1.29, 1.82) is 0 Å². The molecule has 1 aliphatic rings. The van der Waals surface area contributed by atoms with Crippen LogP contribution in [0.1, 0.15) is 23.7 Å². The van der Waals surface area contributed by atoms with Crippen LogP contribution in [-0.2, 0) is 17.5 Å². The molecule has 10 heteroatoms. The van der Waals surface area contributed by atoms with Crippen molar-refractivity contribution in [3.8, 4) is 0 Å². The minimum Gasteiger partial charge on any atom is -0.371 e. The van der Waals surface area contributed by atoms with Gasteiger partial charge < -0.3 is 10.1 Å². The molecule has 1 aliphatic heterocycles. The second-order valence-electron chi connectivity index (χ2n) is 4.47. The van der Waals surface area contributed by atoms with Gasteiger partial charge in [-0.05, 0) is 25.9 Å². The minimum atomic E-state index is -4.55. The summed E-state index contributed by atoms with van der Waals surface area (Å²) in [5, 5.41) is 14.1. The first-order valence-corrected chi connectivity index (χ1v) is 6.96. The van der Waals surface area contributed by atoms with Gasteiger partial charge in [0.2, 0.25) is 4.96 Å². The highest BCUT2D eigenvalue weighted by Gasteiger charge is 2.38. The summed E-state index contributed by atoms with van der Waals surface area (Å²) in [6, 6.07) is 0. The number of fused-ring (bicyclic) bond motifs is 1. The number of halogens is 3. The molecule has 0 aliphatic carbocycles. The van der Waals surface area contributed by atoms with E-state index >= 15 is 0 Å². The lowest BCUT2D eigenvalue weighted by Crippen LogP contribution is -2.32. The summed E-state index contributed by atoms with van der Waals surface area (Å²) in [4.78, 5) is 0.126. The lowest BCUT2D eigenvalue weighted by atomic mass is 10.1. The molecule has 1 fully saturated rings. The summed E-state index contributed by atoms with van der Waals surface area (Å²) >= 11 is 1.06. The van der Waals surface area contributed by atoms with Gasteiger partial charge in [-0.1, -0.05) is 11.3 Å². The van der Waals surface area contributed by atoms with Gasteiger partial charge in [-0.25, -0.2) is 0 Å². The summed E-state index contributed by atoms with van der Waals surface area (Å²) in [7, 11) is 0. The van der Waals surface area contributed by atoms with E-state index in [9.17, 15) is 13.2 Å². The first kappa shape index (κ1) is 13.7. The highest BCUT2D eigenvalue weighted by Crippen LogP contribution is 2.29. The average molecular weight is 307 g/mol. The van der Waals surface area contributed by atoms with Crippen LogP contribution in [0.15, 0.2) is 0 Å². The number of piperidine rings is 1. The normalized spacial score (nSPS) is 17.9. The molecule has 3 heterocycles. The molecule has 0 atom stereocenters. The monoisotopic (exact) mass is 307 g/mol. The van der Waals surface area contributed by atoms with E-state index in [2.05, 4.69) is 20.6 Å². The SMILES string of the molecule is FC(F)(F)c1nnc2sc(COC3CCNCC3)nn12. The van der Waals surface area contributed by atoms with Crippen LogP contribution >= 0.6 is 11.3 Å². The molecule has 2 aromatic rings. The summed E-state index contributed by atoms with van der Waals surface area (Å²) < 4.78 is 44.3. The molecule has 0 radical (unpaired) electrons. The minimum absolute atomic E-state index is 0.126. The third kappa shape index (κ3) is 2.76. The first-order chi connectivity index (χ1) is 9.54. The van der Waals surface area contributed by atoms with Crippen LogP contribution in [0.4, 0.5) is 13.2 Å². The van der Waals surface area contributed by atoms with Crippen molar-refractivity contribution in [3.63, 3.8) is 0 Å². The first-order valence-electron chi connectivity index (χ1n) is 6.14. The second kappa shape index (κ2) is 5.26. The standard InChI is InChI=1S/C10H12F3N5OS/c11-10(12,13)8-15-16-9-18(8)17-7(20-9)5-19-6-1-3-14-4-2-6/h6,14H,1-5H2. The third-order valence-corrected chi connectivity index (χ3v) is 3.89. The van der Waals surface area contributed by atoms with Gasteiger partial charge in [0.15, 0.2) is 0 Å². The van der Waals surface area contributed by atoms with E-state index < -0.39 is 12.0 Å². The fourth-order valence-corrected chi connectivity index (χ4v) is 2.80. The Balaban J connectivity index is 1.71. The second-order valence-corrected chi connectivity index (χ2v) is 5.51. The number of aromatic nitrogens is 4. The quantitative estimate of drug-likeness (QED) is 0.930. The Kier molecular flexibility index (Phi) is 3.61. The Morgan fingerprint density at radius 3 is 2.75 bits per heavy atom. The molecule has 3 rings (SSSR count). The van der Waals surface area contributed by atoms with Gasteiger partial charge in [-0.3, -0.25) is 0 Å². The molecule has 20 heavy (non-hydrogen) atoms. The highest BCUT2D eigenvalue weighted by molar-refractivity contribution is 7.16. The number of alkyl halides is 3. The van der Waals surface area contributed by atoms with E-state index in [-0.39, 0.29) is 17.7 Å². The molecule has 0 spiro atoms. The largest absolute Gasteiger partial charge is 0.453 e. The molecule has 0 aromatic carbocycles. The topological polar surface area (TPSA) is 64.3 Å². The molecule has 6 nitrogen and oxygen atoms in total. The number of ether oxygens (including phenoxy) is 1. The molecule has 1 saturated heterocycles. The number of hydrogen-bond donors (Lipinski definition) is 1. The van der Waals surface area contributed by atoms with E-state index in [4.69, 9.17) is 4.74 Å². The van der Waals surface area contributed by atoms with Crippen LogP contribution in [-0.4, -0.2) is 39.0 Å². The lowest BCUT2D eigenvalue weighted by Gasteiger charge is -2.22. The van der Waals surface area contributed by atoms with Crippen LogP contribution < -0.4 is 5.32 Å². The Hall–Kier alpha value is -1.26. The zero-order valence-corrected chi connectivity index (χ0v) is 11.2. The molecular formula is C10H12F3N5OS. The Bertz CT molecular complexity index is 589. The maximum atomic E-state index is 12.6. The van der Waals surface area contributed by atoms with Gasteiger partial charge in [0, 0.05) is 0 Å². The summed E-state index contributed by atoms with van der Waals surface area (Å²) in [5.41, 5.74) is 0. The Labute approximate surface area is 115 Å². The van der Waals surface area contributed by atoms with Gasteiger partial charge in [-0.15, -0.1) is 10.2 Å². The predicted octanol–water partition coefficient (Wildman–Crippen LogP) is 1.47. The van der Waals surface area contributed by atoms with Crippen molar-refractivity contribution in [1.82, 2.24) is 25.1 Å². The molecule has 1 N–H and O–H groups in total. The fraction of sp³-hybridized carbons (Fsp3) is 0.700. The van der Waals surface area contributed by atoms with Crippen molar-refractivity contribution in [2.24, 2.45) is 0 Å². The van der Waals surface area contributed by atoms with E-state index in [1.54, 1.807) is 0 Å². The maximum absolute atomic E-state index is 12.6. The number of nitrogens with one attached hydrogen (secondary N) is 1. The van der Waals surface area contributed by atoms with Gasteiger partial charge in [0.1, 0.15) is 11.6 Å². The van der Waals surface area contributed by atoms with Crippen molar-refractivity contribution in [2.45, 2.75) is 31.7 Å². The van der Waals surface area contributed by atoms with E-state index in [1.165, 1.54) is 0 Å². The molecule has 0 bridgehead atoms. The summed E-state index contributed by atoms with van der Waals surface area (Å²) in [5.74, 6) is -1.10. The Morgan fingerprint density at radius 1 is 1.30 bits per heavy atom. The van der Waals surface area contributed by atoms with Gasteiger partial charge in [0.25, 0.3) is 5.82 Å². The molecule has 0 amide bonds. The third-order valence-electron chi connectivity index (χ3n) is 3.01. The Morgan fingerprint density at radius 2 is 2.05 bits per heavy atom. The molecule has 0 saturated carbocycles. The summed E-state index contributed by atoms with van der Waals surface area (Å²) in [6.45, 7) is 2.00. The predicted molar refractivity (Wildman–Crippen MR) is 64.3 cm³/mol. The zero-order chi connectivity index (χ0) is 14.2. The average Bonchev–Trinajstić information content (AvgIpc) is 2.95. The van der Waals surface area contributed by atoms with Gasteiger partial charge >= 0.3 is 6.18 Å².